The Labute approximate surface area is 177 Å². The van der Waals surface area contributed by atoms with E-state index in [1.165, 1.54) is 11.8 Å². The molecule has 0 radical (unpaired) electrons. The second kappa shape index (κ2) is 8.12. The van der Waals surface area contributed by atoms with Crippen LogP contribution in [0.15, 0.2) is 46.3 Å². The molecule has 1 aromatic carbocycles. The zero-order chi connectivity index (χ0) is 20.5. The number of unbranched alkanes of at least 4 members (excludes halogenated alkanes) is 1. The van der Waals surface area contributed by atoms with Crippen molar-refractivity contribution in [3.63, 3.8) is 0 Å². The number of anilines is 1. The second-order valence-corrected chi connectivity index (χ2v) is 9.39. The van der Waals surface area contributed by atoms with E-state index in [4.69, 9.17) is 5.10 Å². The van der Waals surface area contributed by atoms with E-state index < -0.39 is 6.17 Å². The molecule has 4 rings (SSSR count). The average molecular weight is 428 g/mol. The number of thioether (sulfide) groups is 1. The van der Waals surface area contributed by atoms with Crippen LogP contribution in [0.25, 0.3) is 11.3 Å². The number of nitrogens with zero attached hydrogens (tertiary/aromatic N) is 3. The van der Waals surface area contributed by atoms with Gasteiger partial charge in [-0.15, -0.1) is 11.3 Å². The molecule has 150 valence electrons. The van der Waals surface area contributed by atoms with Gasteiger partial charge in [-0.25, -0.2) is 4.90 Å². The van der Waals surface area contributed by atoms with E-state index in [1.807, 2.05) is 43.3 Å². The Morgan fingerprint density at radius 2 is 2.10 bits per heavy atom. The van der Waals surface area contributed by atoms with Crippen molar-refractivity contribution in [2.45, 2.75) is 44.9 Å². The van der Waals surface area contributed by atoms with E-state index in [0.717, 1.165) is 34.0 Å². The molecule has 8 heteroatoms. The normalized spacial score (nSPS) is 15.1. The highest BCUT2D eigenvalue weighted by atomic mass is 32.2. The van der Waals surface area contributed by atoms with E-state index in [1.54, 1.807) is 27.8 Å². The van der Waals surface area contributed by atoms with Crippen molar-refractivity contribution in [3.8, 4) is 11.3 Å². The predicted octanol–water partition coefficient (Wildman–Crippen LogP) is 3.90. The number of fused-ring (bicyclic) bond motifs is 3. The number of aromatic amines is 1. The molecule has 3 heterocycles. The topological polar surface area (TPSA) is 69.9 Å². The van der Waals surface area contributed by atoms with Crippen LogP contribution in [0.1, 0.15) is 42.6 Å². The molecule has 3 aromatic rings. The van der Waals surface area contributed by atoms with Crippen molar-refractivity contribution >= 4 is 34.7 Å². The Morgan fingerprint density at radius 1 is 1.31 bits per heavy atom. The Hall–Kier alpha value is -2.45. The molecule has 1 aliphatic rings. The first-order chi connectivity index (χ1) is 14.0. The summed E-state index contributed by atoms with van der Waals surface area (Å²) in [6.45, 7) is 5.72. The van der Waals surface area contributed by atoms with E-state index >= 15 is 0 Å². The smallest absolute Gasteiger partial charge is 0.291 e. The molecular weight excluding hydrogens is 404 g/mol. The summed E-state index contributed by atoms with van der Waals surface area (Å²) >= 11 is 3.15. The summed E-state index contributed by atoms with van der Waals surface area (Å²) in [4.78, 5) is 32.6. The SMILES string of the molecule is CCCCSc1n[n+]2c(c(=O)[nH]1)-c1ccccc1N(C(C)=O)[C@H]2c1ccc(C)s1. The first kappa shape index (κ1) is 19.8. The van der Waals surface area contributed by atoms with Crippen molar-refractivity contribution in [1.82, 2.24) is 10.1 Å². The lowest BCUT2D eigenvalue weighted by atomic mass is 10.0. The fourth-order valence-corrected chi connectivity index (χ4v) is 5.43. The predicted molar refractivity (Wildman–Crippen MR) is 116 cm³/mol. The van der Waals surface area contributed by atoms with Gasteiger partial charge in [-0.2, -0.15) is 0 Å². The molecule has 0 unspecified atom stereocenters. The van der Waals surface area contributed by atoms with Crippen LogP contribution in [0, 0.1) is 6.92 Å². The van der Waals surface area contributed by atoms with Crippen LogP contribution in [-0.4, -0.2) is 21.7 Å². The molecule has 0 saturated carbocycles. The Bertz CT molecular complexity index is 1120. The second-order valence-electron chi connectivity index (χ2n) is 6.98. The summed E-state index contributed by atoms with van der Waals surface area (Å²) in [6.07, 6.45) is 1.65. The van der Waals surface area contributed by atoms with Crippen molar-refractivity contribution in [2.24, 2.45) is 0 Å². The number of thiophene rings is 1. The third-order valence-electron chi connectivity index (χ3n) is 4.85. The molecular formula is C21H23N4O2S2+. The lowest BCUT2D eigenvalue weighted by molar-refractivity contribution is -0.762. The minimum absolute atomic E-state index is 0.0890. The minimum Gasteiger partial charge on any atom is -0.291 e. The number of carbonyl (C=O) groups excluding carboxylic acids is 1. The van der Waals surface area contributed by atoms with E-state index in [-0.39, 0.29) is 11.5 Å². The van der Waals surface area contributed by atoms with Crippen molar-refractivity contribution in [3.05, 3.63) is 56.5 Å². The number of carbonyl (C=O) groups is 1. The Kier molecular flexibility index (Phi) is 5.56. The molecule has 1 amide bonds. The van der Waals surface area contributed by atoms with Crippen molar-refractivity contribution < 1.29 is 9.48 Å². The van der Waals surface area contributed by atoms with E-state index in [9.17, 15) is 9.59 Å². The maximum absolute atomic E-state index is 13.1. The summed E-state index contributed by atoms with van der Waals surface area (Å²) < 4.78 is 1.72. The van der Waals surface area contributed by atoms with Gasteiger partial charge in [0.25, 0.3) is 0 Å². The highest BCUT2D eigenvalue weighted by molar-refractivity contribution is 7.99. The fourth-order valence-electron chi connectivity index (χ4n) is 3.54. The molecule has 2 aromatic heterocycles. The first-order valence-electron chi connectivity index (χ1n) is 9.65. The number of aromatic nitrogens is 3. The van der Waals surface area contributed by atoms with Gasteiger partial charge in [0.15, 0.2) is 0 Å². The molecule has 1 aliphatic heterocycles. The minimum atomic E-state index is -0.482. The van der Waals surface area contributed by atoms with Gasteiger partial charge in [0.2, 0.25) is 11.1 Å². The number of benzene rings is 1. The third kappa shape index (κ3) is 3.62. The lowest BCUT2D eigenvalue weighted by Crippen LogP contribution is -2.60. The fraction of sp³-hybridized carbons (Fsp3) is 0.333. The monoisotopic (exact) mass is 427 g/mol. The van der Waals surface area contributed by atoms with Crippen LogP contribution in [-0.2, 0) is 4.79 Å². The van der Waals surface area contributed by atoms with Gasteiger partial charge in [-0.3, -0.25) is 14.6 Å². The third-order valence-corrected chi connectivity index (χ3v) is 6.84. The number of aryl methyl sites for hydroxylation is 1. The van der Waals surface area contributed by atoms with Gasteiger partial charge in [0.1, 0.15) is 0 Å². The number of nitrogens with one attached hydrogen (secondary N) is 1. The molecule has 0 aliphatic carbocycles. The van der Waals surface area contributed by atoms with Crippen LogP contribution in [0.5, 0.6) is 0 Å². The molecule has 1 N–H and O–H groups in total. The molecule has 0 spiro atoms. The van der Waals surface area contributed by atoms with Crippen molar-refractivity contribution in [2.75, 3.05) is 10.7 Å². The van der Waals surface area contributed by atoms with Gasteiger partial charge < -0.3 is 0 Å². The Morgan fingerprint density at radius 3 is 2.79 bits per heavy atom. The van der Waals surface area contributed by atoms with Crippen LogP contribution in [0.4, 0.5) is 5.69 Å². The lowest BCUT2D eigenvalue weighted by Gasteiger charge is -2.30. The highest BCUT2D eigenvalue weighted by Gasteiger charge is 2.45. The molecule has 29 heavy (non-hydrogen) atoms. The van der Waals surface area contributed by atoms with Crippen LogP contribution in [0.3, 0.4) is 0 Å². The van der Waals surface area contributed by atoms with Crippen LogP contribution in [0.2, 0.25) is 0 Å². The number of hydrogen-bond donors (Lipinski definition) is 1. The largest absolute Gasteiger partial charge is 0.325 e. The average Bonchev–Trinajstić information content (AvgIpc) is 3.12. The number of para-hydroxylation sites is 1. The van der Waals surface area contributed by atoms with Gasteiger partial charge in [0, 0.05) is 22.7 Å². The maximum Gasteiger partial charge on any atom is 0.325 e. The summed E-state index contributed by atoms with van der Waals surface area (Å²) in [6, 6.07) is 11.6. The number of hydrogen-bond acceptors (Lipinski definition) is 5. The molecule has 6 nitrogen and oxygen atoms in total. The summed E-state index contributed by atoms with van der Waals surface area (Å²) in [5, 5.41) is 5.36. The first-order valence-corrected chi connectivity index (χ1v) is 11.5. The van der Waals surface area contributed by atoms with Crippen LogP contribution < -0.4 is 15.1 Å². The number of H-pyrrole nitrogens is 1. The number of rotatable bonds is 5. The summed E-state index contributed by atoms with van der Waals surface area (Å²) in [7, 11) is 0. The molecule has 0 fully saturated rings. The van der Waals surface area contributed by atoms with Gasteiger partial charge >= 0.3 is 17.4 Å². The zero-order valence-corrected chi connectivity index (χ0v) is 18.3. The maximum atomic E-state index is 13.1. The molecule has 1 atom stereocenters. The number of amides is 1. The quantitative estimate of drug-likeness (QED) is 0.381. The van der Waals surface area contributed by atoms with Gasteiger partial charge in [-0.1, -0.05) is 37.2 Å². The van der Waals surface area contributed by atoms with Crippen LogP contribution >= 0.6 is 23.1 Å². The molecule has 0 bridgehead atoms. The van der Waals surface area contributed by atoms with Gasteiger partial charge in [-0.05, 0) is 42.3 Å². The van der Waals surface area contributed by atoms with Crippen molar-refractivity contribution in [1.29, 1.82) is 0 Å². The zero-order valence-electron chi connectivity index (χ0n) is 16.6. The highest BCUT2D eigenvalue weighted by Crippen LogP contribution is 2.38. The summed E-state index contributed by atoms with van der Waals surface area (Å²) in [5.41, 5.74) is 1.74. The van der Waals surface area contributed by atoms with E-state index in [0.29, 0.717) is 16.4 Å². The molecule has 0 saturated heterocycles. The Balaban J connectivity index is 1.96. The summed E-state index contributed by atoms with van der Waals surface area (Å²) in [5.74, 6) is 0.795. The standard InChI is InChI=1S/C21H22N4O2S2/c1-4-5-12-28-21-22-19(27)18-15-8-6-7-9-16(15)24(14(3)26)20(25(18)23-21)17-11-10-13(2)29-17/h6-11,20H,4-5,12H2,1-3H3/p+1/t20-/m1/s1. The van der Waals surface area contributed by atoms with E-state index in [2.05, 4.69) is 11.9 Å². The van der Waals surface area contributed by atoms with Gasteiger partial charge in [0.05, 0.1) is 16.1 Å².